The highest BCUT2D eigenvalue weighted by Crippen LogP contribution is 2.31. The Morgan fingerprint density at radius 3 is 2.50 bits per heavy atom. The minimum atomic E-state index is -5.16. The molecule has 0 aliphatic heterocycles. The number of benzene rings is 1. The first-order valence-electron chi connectivity index (χ1n) is 6.35. The molecular weight excluding hydrogens is 342 g/mol. The van der Waals surface area contributed by atoms with Crippen molar-refractivity contribution in [2.24, 2.45) is 10.2 Å². The van der Waals surface area contributed by atoms with E-state index in [0.29, 0.717) is 17.8 Å². The summed E-state index contributed by atoms with van der Waals surface area (Å²) in [6.07, 6.45) is 0.434. The Kier molecular flexibility index (Phi) is 4.38. The maximum Gasteiger partial charge on any atom is 0.381 e. The van der Waals surface area contributed by atoms with Gasteiger partial charge in [0.2, 0.25) is 0 Å². The lowest BCUT2D eigenvalue weighted by molar-refractivity contribution is -0.514. The monoisotopic (exact) mass is 355 g/mol. The van der Waals surface area contributed by atoms with Crippen LogP contribution in [0, 0.1) is 10.1 Å². The summed E-state index contributed by atoms with van der Waals surface area (Å²) in [6, 6.07) is 4.30. The highest BCUT2D eigenvalue weighted by atomic mass is 32.2. The number of nitrogens with zero attached hydrogens (tertiary/aromatic N) is 3. The van der Waals surface area contributed by atoms with Gasteiger partial charge in [-0.05, 0) is 24.3 Å². The van der Waals surface area contributed by atoms with E-state index in [4.69, 9.17) is 11.5 Å². The average molecular weight is 355 g/mol. The summed E-state index contributed by atoms with van der Waals surface area (Å²) in [6.45, 7) is 0. The van der Waals surface area contributed by atoms with Crippen LogP contribution < -0.4 is 11.5 Å². The molecule has 1 aromatic carbocycles. The van der Waals surface area contributed by atoms with Crippen LogP contribution in [-0.2, 0) is 10.1 Å². The van der Waals surface area contributed by atoms with Crippen LogP contribution in [0.5, 0.6) is 0 Å². The molecular formula is C12H13N5O6S. The lowest BCUT2D eigenvalue weighted by Crippen LogP contribution is -2.44. The molecule has 1 aliphatic carbocycles. The van der Waals surface area contributed by atoms with Crippen LogP contribution >= 0.6 is 0 Å². The number of nitrogens with two attached hydrogens (primary N) is 2. The molecule has 11 nitrogen and oxygen atoms in total. The quantitative estimate of drug-likeness (QED) is 0.150. The molecule has 128 valence electrons. The smallest absolute Gasteiger partial charge is 0.381 e. The molecule has 0 saturated carbocycles. The van der Waals surface area contributed by atoms with Crippen LogP contribution in [0.25, 0.3) is 0 Å². The summed E-state index contributed by atoms with van der Waals surface area (Å²) >= 11 is 0. The van der Waals surface area contributed by atoms with E-state index in [1.807, 2.05) is 0 Å². The Hall–Kier alpha value is -2.83. The number of hydrogen-bond acceptors (Lipinski definition) is 9. The Morgan fingerprint density at radius 1 is 1.29 bits per heavy atom. The Morgan fingerprint density at radius 2 is 1.96 bits per heavy atom. The minimum Gasteiger partial charge on any atom is -0.399 e. The molecule has 1 aliphatic rings. The van der Waals surface area contributed by atoms with Gasteiger partial charge in [0, 0.05) is 17.8 Å². The molecule has 12 heteroatoms. The molecule has 2 atom stereocenters. The molecule has 0 saturated heterocycles. The number of hydrogen-bond donors (Lipinski definition) is 4. The largest absolute Gasteiger partial charge is 0.399 e. The van der Waals surface area contributed by atoms with Crippen molar-refractivity contribution in [1.29, 1.82) is 0 Å². The fourth-order valence-electron chi connectivity index (χ4n) is 1.90. The first-order valence-corrected chi connectivity index (χ1v) is 7.79. The molecule has 0 bridgehead atoms. The van der Waals surface area contributed by atoms with Gasteiger partial charge in [-0.1, -0.05) is 0 Å². The van der Waals surface area contributed by atoms with Crippen molar-refractivity contribution < 1.29 is 23.0 Å². The number of aliphatic hydroxyl groups excluding tert-OH is 1. The second-order valence-electron chi connectivity index (χ2n) is 4.88. The van der Waals surface area contributed by atoms with Crippen molar-refractivity contribution in [3.8, 4) is 0 Å². The summed E-state index contributed by atoms with van der Waals surface area (Å²) in [5.41, 5.74) is 11.4. The summed E-state index contributed by atoms with van der Waals surface area (Å²) in [7, 11) is -5.16. The predicted octanol–water partition coefficient (Wildman–Crippen LogP) is 0.610. The van der Waals surface area contributed by atoms with Crippen LogP contribution in [0.1, 0.15) is 0 Å². The summed E-state index contributed by atoms with van der Waals surface area (Å²) in [4.78, 5) is 6.95. The lowest BCUT2D eigenvalue weighted by Gasteiger charge is -2.20. The van der Waals surface area contributed by atoms with Gasteiger partial charge in [-0.2, -0.15) is 13.5 Å². The highest BCUT2D eigenvalue weighted by Gasteiger charge is 2.54. The lowest BCUT2D eigenvalue weighted by atomic mass is 10.1. The maximum absolute atomic E-state index is 11.4. The maximum atomic E-state index is 11.4. The number of aliphatic hydroxyl groups is 1. The van der Waals surface area contributed by atoms with E-state index in [2.05, 4.69) is 10.2 Å². The highest BCUT2D eigenvalue weighted by molar-refractivity contribution is 7.87. The van der Waals surface area contributed by atoms with E-state index < -0.39 is 31.7 Å². The van der Waals surface area contributed by atoms with Gasteiger partial charge in [0.25, 0.3) is 0 Å². The van der Waals surface area contributed by atoms with Crippen LogP contribution in [0.2, 0.25) is 0 Å². The zero-order valence-electron chi connectivity index (χ0n) is 12.0. The predicted molar refractivity (Wildman–Crippen MR) is 84.3 cm³/mol. The van der Waals surface area contributed by atoms with Gasteiger partial charge in [-0.15, -0.1) is 5.11 Å². The summed E-state index contributed by atoms with van der Waals surface area (Å²) in [5, 5.41) is 28.2. The molecule has 2 rings (SSSR count). The fourth-order valence-corrected chi connectivity index (χ4v) is 2.61. The zero-order chi connectivity index (χ0) is 18.1. The summed E-state index contributed by atoms with van der Waals surface area (Å²) in [5.74, 6) is 0. The topological polar surface area (TPSA) is 194 Å². The Bertz CT molecular complexity index is 878. The van der Waals surface area contributed by atoms with E-state index >= 15 is 0 Å². The summed E-state index contributed by atoms with van der Waals surface area (Å²) < 4.78 is 32.0. The van der Waals surface area contributed by atoms with Crippen LogP contribution in [-0.4, -0.2) is 34.0 Å². The zero-order valence-corrected chi connectivity index (χ0v) is 12.8. The SMILES string of the molecule is Nc1ccc(N=NC2=CC([N+](=O)[O-])(S(=O)(=O)O)C=CC2O)c(N)c1. The number of nitrogen functional groups attached to an aromatic ring is 2. The Labute approximate surface area is 135 Å². The second kappa shape index (κ2) is 5.99. The molecule has 2 unspecified atom stereocenters. The van der Waals surface area contributed by atoms with E-state index in [1.54, 1.807) is 0 Å². The van der Waals surface area contributed by atoms with Gasteiger partial charge in [-0.25, -0.2) is 0 Å². The molecule has 0 heterocycles. The minimum absolute atomic E-state index is 0.158. The van der Waals surface area contributed by atoms with Gasteiger partial charge in [0.15, 0.2) is 0 Å². The molecule has 0 spiro atoms. The van der Waals surface area contributed by atoms with Crippen molar-refractivity contribution in [1.82, 2.24) is 0 Å². The second-order valence-corrected chi connectivity index (χ2v) is 6.48. The molecule has 0 fully saturated rings. The van der Waals surface area contributed by atoms with Gasteiger partial charge >= 0.3 is 15.0 Å². The number of azo groups is 1. The molecule has 0 aromatic heterocycles. The van der Waals surface area contributed by atoms with Gasteiger partial charge < -0.3 is 16.6 Å². The van der Waals surface area contributed by atoms with E-state index in [9.17, 15) is 28.2 Å². The van der Waals surface area contributed by atoms with E-state index in [1.165, 1.54) is 18.2 Å². The fraction of sp³-hybridized carbons (Fsp3) is 0.167. The van der Waals surface area contributed by atoms with Crippen molar-refractivity contribution in [3.05, 3.63) is 52.2 Å². The van der Waals surface area contributed by atoms with Crippen molar-refractivity contribution >= 4 is 27.2 Å². The van der Waals surface area contributed by atoms with Crippen molar-refractivity contribution in [2.45, 2.75) is 11.0 Å². The third kappa shape index (κ3) is 3.10. The van der Waals surface area contributed by atoms with Crippen molar-refractivity contribution in [3.63, 3.8) is 0 Å². The molecule has 6 N–H and O–H groups in total. The molecule has 0 radical (unpaired) electrons. The number of anilines is 2. The average Bonchev–Trinajstić information content (AvgIpc) is 2.46. The third-order valence-corrected chi connectivity index (χ3v) is 4.43. The van der Waals surface area contributed by atoms with Crippen molar-refractivity contribution in [2.75, 3.05) is 11.5 Å². The molecule has 24 heavy (non-hydrogen) atoms. The molecule has 0 amide bonds. The van der Waals surface area contributed by atoms with Crippen LogP contribution in [0.15, 0.2) is 52.4 Å². The number of nitro groups is 1. The molecule has 1 aromatic rings. The van der Waals surface area contributed by atoms with E-state index in [-0.39, 0.29) is 11.4 Å². The van der Waals surface area contributed by atoms with Crippen LogP contribution in [0.3, 0.4) is 0 Å². The Balaban J connectivity index is 2.48. The first-order chi connectivity index (χ1) is 11.1. The number of rotatable bonds is 4. The standard InChI is InChI=1S/C12H13N5O6S/c13-7-1-2-9(8(14)5-7)15-16-10-6-12(17(19)20,24(21,22)23)4-3-11(10)18/h1-6,11,18H,13-14H2,(H,21,22,23). The van der Waals surface area contributed by atoms with Crippen LogP contribution in [0.4, 0.5) is 17.1 Å². The normalized spacial score (nSPS) is 24.1. The van der Waals surface area contributed by atoms with Gasteiger partial charge in [0.1, 0.15) is 17.5 Å². The van der Waals surface area contributed by atoms with Gasteiger partial charge in [-0.3, -0.25) is 14.7 Å². The van der Waals surface area contributed by atoms with E-state index in [0.717, 1.165) is 6.08 Å². The third-order valence-electron chi connectivity index (χ3n) is 3.20. The first kappa shape index (κ1) is 17.5. The van der Waals surface area contributed by atoms with Gasteiger partial charge in [0.05, 0.1) is 10.6 Å².